The Labute approximate surface area is 222 Å². The minimum atomic E-state index is -1.21. The van der Waals surface area contributed by atoms with Crippen molar-refractivity contribution in [3.05, 3.63) is 124 Å². The Morgan fingerprint density at radius 1 is 0.895 bits per heavy atom. The number of urea groups is 1. The molecule has 0 bridgehead atoms. The third-order valence-corrected chi connectivity index (χ3v) is 6.38. The Bertz CT molecular complexity index is 1600. The molecule has 4 aromatic carbocycles. The fourth-order valence-corrected chi connectivity index (χ4v) is 4.46. The van der Waals surface area contributed by atoms with Gasteiger partial charge < -0.3 is 14.6 Å². The van der Waals surface area contributed by atoms with Crippen LogP contribution in [0.3, 0.4) is 0 Å². The van der Waals surface area contributed by atoms with E-state index in [4.69, 9.17) is 16.0 Å². The summed E-state index contributed by atoms with van der Waals surface area (Å²) in [7, 11) is 0. The van der Waals surface area contributed by atoms with E-state index in [1.807, 2.05) is 61.5 Å². The molecule has 1 aromatic heterocycles. The number of amides is 2. The fraction of sp³-hybridized carbons (Fsp3) is 0.100. The van der Waals surface area contributed by atoms with Crippen LogP contribution < -0.4 is 5.32 Å². The van der Waals surface area contributed by atoms with Crippen LogP contribution in [0.25, 0.3) is 22.1 Å². The van der Waals surface area contributed by atoms with E-state index in [1.165, 1.54) is 4.90 Å². The van der Waals surface area contributed by atoms with Crippen LogP contribution in [0.5, 0.6) is 0 Å². The molecular weight excluding hydrogens is 513 g/mol. The molecule has 4 nitrogen and oxygen atoms in total. The van der Waals surface area contributed by atoms with Crippen molar-refractivity contribution in [3.8, 4) is 11.1 Å². The topological polar surface area (TPSA) is 45.5 Å². The van der Waals surface area contributed by atoms with Gasteiger partial charge in [-0.3, -0.25) is 0 Å². The van der Waals surface area contributed by atoms with E-state index in [-0.39, 0.29) is 13.1 Å². The number of aryl methyl sites for hydroxylation is 1. The highest BCUT2D eigenvalue weighted by atomic mass is 35.5. The molecule has 0 atom stereocenters. The number of furan rings is 1. The highest BCUT2D eigenvalue weighted by Crippen LogP contribution is 2.37. The van der Waals surface area contributed by atoms with Gasteiger partial charge in [-0.05, 0) is 36.2 Å². The molecule has 192 valence electrons. The Balaban J connectivity index is 1.57. The van der Waals surface area contributed by atoms with E-state index in [0.29, 0.717) is 28.5 Å². The number of rotatable bonds is 6. The lowest BCUT2D eigenvalue weighted by Gasteiger charge is -2.23. The maximum absolute atomic E-state index is 14.3. The van der Waals surface area contributed by atoms with Gasteiger partial charge >= 0.3 is 6.03 Å². The average Bonchev–Trinajstić information content (AvgIpc) is 3.23. The molecular formula is C30H22ClF3N2O2. The van der Waals surface area contributed by atoms with Crippen molar-refractivity contribution in [1.82, 2.24) is 4.90 Å². The zero-order valence-corrected chi connectivity index (χ0v) is 21.0. The van der Waals surface area contributed by atoms with Gasteiger partial charge in [-0.25, -0.2) is 18.0 Å². The molecule has 0 aliphatic heterocycles. The molecule has 0 unspecified atom stereocenters. The van der Waals surface area contributed by atoms with Gasteiger partial charge in [0, 0.05) is 34.6 Å². The van der Waals surface area contributed by atoms with Crippen LogP contribution in [0, 0.1) is 24.4 Å². The number of hydrogen-bond donors (Lipinski definition) is 1. The number of anilines is 1. The van der Waals surface area contributed by atoms with Gasteiger partial charge in [0.1, 0.15) is 22.8 Å². The molecule has 1 N–H and O–H groups in total. The number of carbonyl (C=O) groups excluding carboxylic acids is 1. The second-order valence-electron chi connectivity index (χ2n) is 8.92. The standard InChI is InChI=1S/C30H22ClF3N2O2/c1-18-7-9-20(10-8-18)28-23-13-21(31)11-12-26(23)38-27(28)17-36(16-19-5-3-2-4-6-19)30(37)35-29-24(33)14-22(32)15-25(29)34/h2-15H,16-17H2,1H3,(H,35,37). The number of nitrogens with zero attached hydrogens (tertiary/aromatic N) is 1. The van der Waals surface area contributed by atoms with Crippen LogP contribution in [0.4, 0.5) is 23.7 Å². The van der Waals surface area contributed by atoms with E-state index in [9.17, 15) is 18.0 Å². The molecule has 5 rings (SSSR count). The third kappa shape index (κ3) is 5.38. The molecule has 1 heterocycles. The molecule has 5 aromatic rings. The molecule has 0 spiro atoms. The lowest BCUT2D eigenvalue weighted by Crippen LogP contribution is -2.34. The first kappa shape index (κ1) is 25.4. The Morgan fingerprint density at radius 3 is 2.26 bits per heavy atom. The maximum Gasteiger partial charge on any atom is 0.322 e. The SMILES string of the molecule is Cc1ccc(-c2c(CN(Cc3ccccc3)C(=O)Nc3c(F)cc(F)cc3F)oc3ccc(Cl)cc23)cc1. The predicted molar refractivity (Wildman–Crippen MR) is 142 cm³/mol. The van der Waals surface area contributed by atoms with Crippen LogP contribution in [0.15, 0.2) is 89.3 Å². The number of carbonyl (C=O) groups is 1. The van der Waals surface area contributed by atoms with Gasteiger partial charge in [-0.2, -0.15) is 0 Å². The van der Waals surface area contributed by atoms with E-state index in [0.717, 1.165) is 27.6 Å². The van der Waals surface area contributed by atoms with Gasteiger partial charge in [0.15, 0.2) is 11.6 Å². The fourth-order valence-electron chi connectivity index (χ4n) is 4.29. The van der Waals surface area contributed by atoms with E-state index in [2.05, 4.69) is 5.32 Å². The predicted octanol–water partition coefficient (Wildman–Crippen LogP) is 8.71. The smallest absolute Gasteiger partial charge is 0.322 e. The summed E-state index contributed by atoms with van der Waals surface area (Å²) < 4.78 is 48.3. The van der Waals surface area contributed by atoms with Crippen LogP contribution >= 0.6 is 11.6 Å². The Morgan fingerprint density at radius 2 is 1.58 bits per heavy atom. The lowest BCUT2D eigenvalue weighted by molar-refractivity contribution is 0.201. The Hall–Kier alpha value is -4.23. The summed E-state index contributed by atoms with van der Waals surface area (Å²) in [6.07, 6.45) is 0. The van der Waals surface area contributed by atoms with Gasteiger partial charge in [-0.15, -0.1) is 0 Å². The molecule has 8 heteroatoms. The lowest BCUT2D eigenvalue weighted by atomic mass is 10.0. The maximum atomic E-state index is 14.3. The summed E-state index contributed by atoms with van der Waals surface area (Å²) in [5.74, 6) is -3.04. The van der Waals surface area contributed by atoms with Gasteiger partial charge in [0.2, 0.25) is 0 Å². The summed E-state index contributed by atoms with van der Waals surface area (Å²) in [6.45, 7) is 2.07. The zero-order chi connectivity index (χ0) is 26.8. The van der Waals surface area contributed by atoms with Crippen LogP contribution in [-0.4, -0.2) is 10.9 Å². The van der Waals surface area contributed by atoms with E-state index < -0.39 is 29.2 Å². The quantitative estimate of drug-likeness (QED) is 0.237. The first-order chi connectivity index (χ1) is 18.3. The molecule has 2 amide bonds. The van der Waals surface area contributed by atoms with Crippen molar-refractivity contribution in [1.29, 1.82) is 0 Å². The summed E-state index contributed by atoms with van der Waals surface area (Å²) in [4.78, 5) is 14.8. The molecule has 0 radical (unpaired) electrons. The Kier molecular flexibility index (Phi) is 7.11. The van der Waals surface area contributed by atoms with Gasteiger partial charge in [0.25, 0.3) is 0 Å². The van der Waals surface area contributed by atoms with Crippen molar-refractivity contribution < 1.29 is 22.4 Å². The van der Waals surface area contributed by atoms with E-state index in [1.54, 1.807) is 18.2 Å². The largest absolute Gasteiger partial charge is 0.459 e. The van der Waals surface area contributed by atoms with E-state index >= 15 is 0 Å². The minimum Gasteiger partial charge on any atom is -0.459 e. The van der Waals surface area contributed by atoms with Crippen LogP contribution in [-0.2, 0) is 13.1 Å². The van der Waals surface area contributed by atoms with Gasteiger partial charge in [-0.1, -0.05) is 71.8 Å². The molecule has 38 heavy (non-hydrogen) atoms. The third-order valence-electron chi connectivity index (χ3n) is 6.14. The van der Waals surface area contributed by atoms with Crippen molar-refractivity contribution in [3.63, 3.8) is 0 Å². The number of benzene rings is 4. The highest BCUT2D eigenvalue weighted by molar-refractivity contribution is 6.31. The molecule has 0 aliphatic carbocycles. The van der Waals surface area contributed by atoms with Crippen LogP contribution in [0.1, 0.15) is 16.9 Å². The summed E-state index contributed by atoms with van der Waals surface area (Å²) in [5, 5.41) is 3.56. The molecule has 0 aliphatic rings. The number of nitrogens with one attached hydrogen (secondary N) is 1. The normalized spacial score (nSPS) is 11.1. The highest BCUT2D eigenvalue weighted by Gasteiger charge is 2.24. The summed E-state index contributed by atoms with van der Waals surface area (Å²) in [6, 6.07) is 22.5. The second kappa shape index (κ2) is 10.6. The molecule has 0 saturated carbocycles. The van der Waals surface area contributed by atoms with Crippen molar-refractivity contribution in [2.45, 2.75) is 20.0 Å². The van der Waals surface area contributed by atoms with Crippen molar-refractivity contribution >= 4 is 34.3 Å². The number of fused-ring (bicyclic) bond motifs is 1. The summed E-state index contributed by atoms with van der Waals surface area (Å²) in [5.41, 5.74) is 3.34. The summed E-state index contributed by atoms with van der Waals surface area (Å²) >= 11 is 6.29. The minimum absolute atomic E-state index is 0.0271. The monoisotopic (exact) mass is 534 g/mol. The molecule has 0 saturated heterocycles. The first-order valence-corrected chi connectivity index (χ1v) is 12.2. The van der Waals surface area contributed by atoms with Crippen LogP contribution in [0.2, 0.25) is 5.02 Å². The van der Waals surface area contributed by atoms with Crippen molar-refractivity contribution in [2.75, 3.05) is 5.32 Å². The second-order valence-corrected chi connectivity index (χ2v) is 9.36. The van der Waals surface area contributed by atoms with Gasteiger partial charge in [0.05, 0.1) is 6.54 Å². The first-order valence-electron chi connectivity index (χ1n) is 11.8. The van der Waals surface area contributed by atoms with Crippen molar-refractivity contribution in [2.24, 2.45) is 0 Å². The average molecular weight is 535 g/mol. The molecule has 0 fully saturated rings. The zero-order valence-electron chi connectivity index (χ0n) is 20.3. The number of hydrogen-bond acceptors (Lipinski definition) is 2. The number of halogens is 4.